The van der Waals surface area contributed by atoms with Gasteiger partial charge in [0.1, 0.15) is 6.10 Å². The van der Waals surface area contributed by atoms with Crippen molar-refractivity contribution in [2.45, 2.75) is 44.8 Å². The average molecular weight is 335 g/mol. The third-order valence-electron chi connectivity index (χ3n) is 3.68. The predicted octanol–water partition coefficient (Wildman–Crippen LogP) is 2.12. The molecule has 0 radical (unpaired) electrons. The van der Waals surface area contributed by atoms with Gasteiger partial charge >= 0.3 is 12.0 Å². The molecule has 24 heavy (non-hydrogen) atoms. The summed E-state index contributed by atoms with van der Waals surface area (Å²) in [5, 5.41) is 11.2. The highest BCUT2D eigenvalue weighted by molar-refractivity contribution is 5.75. The molecule has 7 heteroatoms. The Hall–Kier alpha value is -2.25. The van der Waals surface area contributed by atoms with Gasteiger partial charge < -0.3 is 14.2 Å². The van der Waals surface area contributed by atoms with E-state index in [0.717, 1.165) is 5.56 Å². The maximum Gasteiger partial charge on any atom is 0.384 e. The lowest BCUT2D eigenvalue weighted by Crippen LogP contribution is -2.47. The Labute approximate surface area is 140 Å². The first-order valence-corrected chi connectivity index (χ1v) is 7.82. The summed E-state index contributed by atoms with van der Waals surface area (Å²) in [4.78, 5) is 22.3. The van der Waals surface area contributed by atoms with Gasteiger partial charge in [0.15, 0.2) is 6.10 Å². The van der Waals surface area contributed by atoms with Crippen LogP contribution >= 0.6 is 0 Å². The van der Waals surface area contributed by atoms with Crippen LogP contribution in [-0.4, -0.2) is 41.9 Å². The van der Waals surface area contributed by atoms with Crippen molar-refractivity contribution in [3.8, 4) is 0 Å². The van der Waals surface area contributed by atoms with E-state index in [4.69, 9.17) is 14.2 Å². The van der Waals surface area contributed by atoms with E-state index in [1.165, 1.54) is 6.08 Å². The topological polar surface area (TPSA) is 87.9 Å². The van der Waals surface area contributed by atoms with Crippen molar-refractivity contribution in [1.82, 2.24) is 0 Å². The second-order valence-corrected chi connectivity index (χ2v) is 5.43. The van der Waals surface area contributed by atoms with E-state index in [1.54, 1.807) is 19.9 Å². The van der Waals surface area contributed by atoms with Crippen molar-refractivity contribution < 1.29 is 23.9 Å². The summed E-state index contributed by atoms with van der Waals surface area (Å²) in [6, 6.07) is 8.10. The Morgan fingerprint density at radius 3 is 2.62 bits per heavy atom. The van der Waals surface area contributed by atoms with Crippen LogP contribution in [0.3, 0.4) is 0 Å². The van der Waals surface area contributed by atoms with Crippen molar-refractivity contribution in [3.63, 3.8) is 0 Å². The molecular formula is C17H21NO6. The fraction of sp³-hybridized carbons (Fsp3) is 0.471. The second kappa shape index (κ2) is 8.56. The van der Waals surface area contributed by atoms with Gasteiger partial charge in [-0.05, 0) is 25.5 Å². The van der Waals surface area contributed by atoms with Gasteiger partial charge in [0.05, 0.1) is 19.3 Å². The van der Waals surface area contributed by atoms with Crippen molar-refractivity contribution >= 4 is 5.97 Å². The number of nitro groups is 1. The Kier molecular flexibility index (Phi) is 6.45. The fourth-order valence-corrected chi connectivity index (χ4v) is 2.45. The first-order valence-electron chi connectivity index (χ1n) is 7.82. The summed E-state index contributed by atoms with van der Waals surface area (Å²) in [6.07, 6.45) is 1.49. The van der Waals surface area contributed by atoms with Crippen LogP contribution in [0.25, 0.3) is 0 Å². The highest BCUT2D eigenvalue weighted by atomic mass is 16.6. The molecule has 7 nitrogen and oxygen atoms in total. The van der Waals surface area contributed by atoms with Crippen LogP contribution in [0.2, 0.25) is 0 Å². The number of carbonyl (C=O) groups excluding carboxylic acids is 1. The van der Waals surface area contributed by atoms with E-state index < -0.39 is 29.1 Å². The molecule has 0 fully saturated rings. The van der Waals surface area contributed by atoms with Crippen molar-refractivity contribution in [2.24, 2.45) is 0 Å². The quantitative estimate of drug-likeness (QED) is 0.328. The van der Waals surface area contributed by atoms with E-state index in [2.05, 4.69) is 0 Å². The van der Waals surface area contributed by atoms with Crippen LogP contribution in [-0.2, 0) is 25.6 Å². The zero-order valence-electron chi connectivity index (χ0n) is 13.7. The SMILES string of the molecule is CCOC(=O)C([C@H]1C=C[C@@H](OCc2ccccc2)[C@H](C)O1)[N+](=O)[O-]. The average Bonchev–Trinajstić information content (AvgIpc) is 2.55. The number of carbonyl (C=O) groups is 1. The lowest BCUT2D eigenvalue weighted by atomic mass is 10.0. The highest BCUT2D eigenvalue weighted by Crippen LogP contribution is 2.21. The summed E-state index contributed by atoms with van der Waals surface area (Å²) in [5.74, 6) is -0.895. The van der Waals surface area contributed by atoms with Crippen molar-refractivity contribution in [1.29, 1.82) is 0 Å². The molecule has 1 aromatic carbocycles. The molecule has 1 aliphatic rings. The summed E-state index contributed by atoms with van der Waals surface area (Å²) in [6.45, 7) is 3.85. The Bertz CT molecular complexity index is 588. The third kappa shape index (κ3) is 4.62. The lowest BCUT2D eigenvalue weighted by molar-refractivity contribution is -0.521. The summed E-state index contributed by atoms with van der Waals surface area (Å²) < 4.78 is 16.2. The number of hydrogen-bond donors (Lipinski definition) is 0. The van der Waals surface area contributed by atoms with E-state index in [0.29, 0.717) is 6.61 Å². The maximum absolute atomic E-state index is 11.8. The van der Waals surface area contributed by atoms with Crippen LogP contribution in [0.4, 0.5) is 0 Å². The van der Waals surface area contributed by atoms with Gasteiger partial charge in [-0.15, -0.1) is 0 Å². The van der Waals surface area contributed by atoms with Gasteiger partial charge in [-0.1, -0.05) is 36.4 Å². The molecule has 0 saturated carbocycles. The van der Waals surface area contributed by atoms with Gasteiger partial charge in [0, 0.05) is 4.92 Å². The molecule has 1 unspecified atom stereocenters. The first-order chi connectivity index (χ1) is 11.5. The summed E-state index contributed by atoms with van der Waals surface area (Å²) in [5.41, 5.74) is 1.02. The van der Waals surface area contributed by atoms with E-state index in [1.807, 2.05) is 30.3 Å². The largest absolute Gasteiger partial charge is 0.461 e. The molecule has 0 aliphatic carbocycles. The van der Waals surface area contributed by atoms with Gasteiger partial charge in [0.25, 0.3) is 0 Å². The number of hydrogen-bond acceptors (Lipinski definition) is 6. The van der Waals surface area contributed by atoms with E-state index in [-0.39, 0.29) is 12.7 Å². The number of benzene rings is 1. The molecular weight excluding hydrogens is 314 g/mol. The first kappa shape index (κ1) is 18.1. The number of rotatable bonds is 7. The van der Waals surface area contributed by atoms with Crippen LogP contribution in [0.1, 0.15) is 19.4 Å². The Morgan fingerprint density at radius 2 is 2.04 bits per heavy atom. The minimum absolute atomic E-state index is 0.0813. The van der Waals surface area contributed by atoms with Gasteiger partial charge in [-0.3, -0.25) is 10.1 Å². The Morgan fingerprint density at radius 1 is 1.33 bits per heavy atom. The third-order valence-corrected chi connectivity index (χ3v) is 3.68. The Balaban J connectivity index is 1.99. The highest BCUT2D eigenvalue weighted by Gasteiger charge is 2.43. The molecule has 1 aromatic rings. The fourth-order valence-electron chi connectivity index (χ4n) is 2.45. The van der Waals surface area contributed by atoms with Gasteiger partial charge in [-0.25, -0.2) is 4.79 Å². The van der Waals surface area contributed by atoms with Crippen LogP contribution in [0.15, 0.2) is 42.5 Å². The molecule has 1 aliphatic heterocycles. The molecule has 0 saturated heterocycles. The zero-order valence-corrected chi connectivity index (χ0v) is 13.7. The molecule has 0 bridgehead atoms. The molecule has 2 rings (SSSR count). The molecule has 130 valence electrons. The summed E-state index contributed by atoms with van der Waals surface area (Å²) >= 11 is 0. The monoisotopic (exact) mass is 335 g/mol. The summed E-state index contributed by atoms with van der Waals surface area (Å²) in [7, 11) is 0. The number of ether oxygens (including phenoxy) is 3. The van der Waals surface area contributed by atoms with E-state index in [9.17, 15) is 14.9 Å². The standard InChI is InChI=1S/C17H21NO6/c1-3-22-17(19)16(18(20)21)15-10-9-14(12(2)24-15)23-11-13-7-5-4-6-8-13/h4-10,12,14-16H,3,11H2,1-2H3/t12-,14+,15+,16?/m0/s1. The van der Waals surface area contributed by atoms with Crippen LogP contribution < -0.4 is 0 Å². The van der Waals surface area contributed by atoms with Crippen molar-refractivity contribution in [3.05, 3.63) is 58.2 Å². The molecule has 0 aromatic heterocycles. The molecule has 1 heterocycles. The number of esters is 1. The van der Waals surface area contributed by atoms with Crippen LogP contribution in [0, 0.1) is 10.1 Å². The minimum atomic E-state index is -1.57. The lowest BCUT2D eigenvalue weighted by Gasteiger charge is -2.30. The predicted molar refractivity (Wildman–Crippen MR) is 85.9 cm³/mol. The zero-order chi connectivity index (χ0) is 17.5. The van der Waals surface area contributed by atoms with Gasteiger partial charge in [-0.2, -0.15) is 0 Å². The smallest absolute Gasteiger partial charge is 0.384 e. The second-order valence-electron chi connectivity index (χ2n) is 5.43. The molecule has 0 N–H and O–H groups in total. The number of nitrogens with zero attached hydrogens (tertiary/aromatic N) is 1. The van der Waals surface area contributed by atoms with Crippen molar-refractivity contribution in [2.75, 3.05) is 6.61 Å². The minimum Gasteiger partial charge on any atom is -0.461 e. The van der Waals surface area contributed by atoms with Crippen LogP contribution in [0.5, 0.6) is 0 Å². The molecule has 4 atom stereocenters. The molecule has 0 amide bonds. The van der Waals surface area contributed by atoms with E-state index >= 15 is 0 Å². The normalized spacial score (nSPS) is 24.3. The van der Waals surface area contributed by atoms with Gasteiger partial charge in [0.2, 0.25) is 0 Å². The maximum atomic E-state index is 11.8. The molecule has 0 spiro atoms.